The third-order valence-electron chi connectivity index (χ3n) is 3.51. The molecule has 0 aliphatic carbocycles. The molecule has 2 rings (SSSR count). The topological polar surface area (TPSA) is 66.8 Å². The van der Waals surface area contributed by atoms with E-state index < -0.39 is 17.9 Å². The second-order valence-electron chi connectivity index (χ2n) is 4.70. The minimum atomic E-state index is -0.983. The molecule has 1 aromatic carbocycles. The maximum absolute atomic E-state index is 12.1. The molecule has 1 fully saturated rings. The van der Waals surface area contributed by atoms with E-state index in [4.69, 9.17) is 16.3 Å². The van der Waals surface area contributed by atoms with Gasteiger partial charge in [-0.25, -0.2) is 0 Å². The summed E-state index contributed by atoms with van der Waals surface area (Å²) in [6, 6.07) is 6.49. The summed E-state index contributed by atoms with van der Waals surface area (Å²) in [5, 5.41) is 9.82. The molecule has 20 heavy (non-hydrogen) atoms. The van der Waals surface area contributed by atoms with Gasteiger partial charge in [0.05, 0.1) is 18.6 Å². The Hall–Kier alpha value is -1.59. The Balaban J connectivity index is 2.38. The first-order valence-electron chi connectivity index (χ1n) is 6.32. The van der Waals surface area contributed by atoms with Crippen molar-refractivity contribution in [3.8, 4) is 0 Å². The summed E-state index contributed by atoms with van der Waals surface area (Å²) in [5.74, 6) is -1.94. The number of carboxylic acid groups (broad SMARTS) is 1. The highest BCUT2D eigenvalue weighted by atomic mass is 35.5. The molecule has 1 heterocycles. The van der Waals surface area contributed by atoms with Gasteiger partial charge in [0.1, 0.15) is 0 Å². The van der Waals surface area contributed by atoms with Crippen LogP contribution in [0.4, 0.5) is 0 Å². The van der Waals surface area contributed by atoms with Gasteiger partial charge in [0.25, 0.3) is 0 Å². The molecule has 1 aliphatic rings. The molecule has 0 aromatic heterocycles. The van der Waals surface area contributed by atoms with Gasteiger partial charge in [0.2, 0.25) is 5.91 Å². The van der Waals surface area contributed by atoms with Crippen molar-refractivity contribution in [3.63, 3.8) is 0 Å². The SMILES string of the molecule is COCCN1C(=O)C[C@@H](C(=O)O)[C@H]1c1ccccc1Cl. The predicted molar refractivity (Wildman–Crippen MR) is 73.5 cm³/mol. The summed E-state index contributed by atoms with van der Waals surface area (Å²) in [4.78, 5) is 25.0. The van der Waals surface area contributed by atoms with E-state index in [1.54, 1.807) is 36.3 Å². The van der Waals surface area contributed by atoms with Crippen LogP contribution in [0.5, 0.6) is 0 Å². The molecule has 1 aliphatic heterocycles. The zero-order valence-corrected chi connectivity index (χ0v) is 11.8. The van der Waals surface area contributed by atoms with Crippen LogP contribution in [0.2, 0.25) is 5.02 Å². The largest absolute Gasteiger partial charge is 0.481 e. The number of aliphatic carboxylic acids is 1. The average molecular weight is 298 g/mol. The molecule has 1 amide bonds. The third-order valence-corrected chi connectivity index (χ3v) is 3.85. The molecule has 2 atom stereocenters. The minimum absolute atomic E-state index is 0.00502. The van der Waals surface area contributed by atoms with Crippen LogP contribution >= 0.6 is 11.6 Å². The number of nitrogens with zero attached hydrogens (tertiary/aromatic N) is 1. The predicted octanol–water partition coefficient (Wildman–Crippen LogP) is 1.96. The summed E-state index contributed by atoms with van der Waals surface area (Å²) in [6.45, 7) is 0.716. The molecule has 0 spiro atoms. The highest BCUT2D eigenvalue weighted by Gasteiger charge is 2.45. The highest BCUT2D eigenvalue weighted by Crippen LogP contribution is 2.40. The van der Waals surface area contributed by atoms with Crippen LogP contribution in [0, 0.1) is 5.92 Å². The van der Waals surface area contributed by atoms with Crippen molar-refractivity contribution in [1.82, 2.24) is 4.90 Å². The number of benzene rings is 1. The number of likely N-dealkylation sites (tertiary alicyclic amines) is 1. The zero-order valence-electron chi connectivity index (χ0n) is 11.1. The molecular weight excluding hydrogens is 282 g/mol. The monoisotopic (exact) mass is 297 g/mol. The van der Waals surface area contributed by atoms with Gasteiger partial charge in [0.15, 0.2) is 0 Å². The van der Waals surface area contributed by atoms with E-state index in [0.717, 1.165) is 0 Å². The summed E-state index contributed by atoms with van der Waals surface area (Å²) in [6.07, 6.45) is -0.00502. The van der Waals surface area contributed by atoms with Crippen molar-refractivity contribution in [3.05, 3.63) is 34.9 Å². The molecule has 0 saturated carbocycles. The van der Waals surface area contributed by atoms with Crippen molar-refractivity contribution in [2.75, 3.05) is 20.3 Å². The molecule has 0 unspecified atom stereocenters. The Morgan fingerprint density at radius 1 is 1.50 bits per heavy atom. The zero-order chi connectivity index (χ0) is 14.7. The number of carbonyl (C=O) groups is 2. The van der Waals surface area contributed by atoms with Crippen LogP contribution in [0.1, 0.15) is 18.0 Å². The lowest BCUT2D eigenvalue weighted by molar-refractivity contribution is -0.142. The van der Waals surface area contributed by atoms with Gasteiger partial charge < -0.3 is 14.7 Å². The second-order valence-corrected chi connectivity index (χ2v) is 5.10. The van der Waals surface area contributed by atoms with Crippen molar-refractivity contribution in [1.29, 1.82) is 0 Å². The lowest BCUT2D eigenvalue weighted by atomic mass is 9.93. The van der Waals surface area contributed by atoms with Crippen LogP contribution in [0.3, 0.4) is 0 Å². The van der Waals surface area contributed by atoms with Crippen LogP contribution in [0.15, 0.2) is 24.3 Å². The fourth-order valence-electron chi connectivity index (χ4n) is 2.56. The molecule has 1 saturated heterocycles. The molecule has 1 aromatic rings. The number of carboxylic acids is 1. The van der Waals surface area contributed by atoms with Crippen molar-refractivity contribution in [2.24, 2.45) is 5.92 Å². The standard InChI is InChI=1S/C14H16ClNO4/c1-20-7-6-16-12(17)8-10(14(18)19)13(16)9-4-2-3-5-11(9)15/h2-5,10,13H,6-8H2,1H3,(H,18,19)/t10-,13-/m1/s1. The van der Waals surface area contributed by atoms with Gasteiger partial charge in [-0.1, -0.05) is 29.8 Å². The van der Waals surface area contributed by atoms with Gasteiger partial charge in [0, 0.05) is 25.1 Å². The molecule has 0 radical (unpaired) electrons. The first-order chi connectivity index (χ1) is 9.56. The summed E-state index contributed by atoms with van der Waals surface area (Å²) in [5.41, 5.74) is 0.670. The fraction of sp³-hybridized carbons (Fsp3) is 0.429. The van der Waals surface area contributed by atoms with E-state index in [9.17, 15) is 14.7 Å². The number of carbonyl (C=O) groups excluding carboxylic acids is 1. The average Bonchev–Trinajstić information content (AvgIpc) is 2.74. The Labute approximate surface area is 122 Å². The molecule has 5 nitrogen and oxygen atoms in total. The fourth-order valence-corrected chi connectivity index (χ4v) is 2.81. The molecular formula is C14H16ClNO4. The third kappa shape index (κ3) is 2.78. The lowest BCUT2D eigenvalue weighted by Crippen LogP contribution is -2.33. The number of hydrogen-bond donors (Lipinski definition) is 1. The van der Waals surface area contributed by atoms with Gasteiger partial charge in [-0.3, -0.25) is 9.59 Å². The minimum Gasteiger partial charge on any atom is -0.481 e. The first-order valence-corrected chi connectivity index (χ1v) is 6.69. The van der Waals surface area contributed by atoms with Gasteiger partial charge >= 0.3 is 5.97 Å². The second kappa shape index (κ2) is 6.24. The summed E-state index contributed by atoms with van der Waals surface area (Å²) in [7, 11) is 1.54. The summed E-state index contributed by atoms with van der Waals surface area (Å²) < 4.78 is 4.99. The number of hydrogen-bond acceptors (Lipinski definition) is 3. The molecule has 6 heteroatoms. The quantitative estimate of drug-likeness (QED) is 0.902. The van der Waals surface area contributed by atoms with Crippen LogP contribution in [-0.2, 0) is 14.3 Å². The normalized spacial score (nSPS) is 22.3. The summed E-state index contributed by atoms with van der Waals surface area (Å²) >= 11 is 6.16. The molecule has 108 valence electrons. The van der Waals surface area contributed by atoms with E-state index in [1.165, 1.54) is 0 Å². The van der Waals surface area contributed by atoms with Crippen molar-refractivity contribution < 1.29 is 19.4 Å². The maximum Gasteiger partial charge on any atom is 0.309 e. The van der Waals surface area contributed by atoms with Crippen LogP contribution < -0.4 is 0 Å². The number of ether oxygens (including phenoxy) is 1. The van der Waals surface area contributed by atoms with Gasteiger partial charge in [-0.2, -0.15) is 0 Å². The first kappa shape index (κ1) is 14.8. The highest BCUT2D eigenvalue weighted by molar-refractivity contribution is 6.31. The Morgan fingerprint density at radius 3 is 2.80 bits per heavy atom. The number of methoxy groups -OCH3 is 1. The van der Waals surface area contributed by atoms with Crippen molar-refractivity contribution >= 4 is 23.5 Å². The van der Waals surface area contributed by atoms with Crippen molar-refractivity contribution in [2.45, 2.75) is 12.5 Å². The molecule has 1 N–H and O–H groups in total. The van der Waals surface area contributed by atoms with Gasteiger partial charge in [-0.05, 0) is 11.6 Å². The maximum atomic E-state index is 12.1. The Morgan fingerprint density at radius 2 is 2.20 bits per heavy atom. The smallest absolute Gasteiger partial charge is 0.309 e. The van der Waals surface area contributed by atoms with Crippen LogP contribution in [-0.4, -0.2) is 42.1 Å². The number of amides is 1. The number of rotatable bonds is 5. The van der Waals surface area contributed by atoms with E-state index >= 15 is 0 Å². The Bertz CT molecular complexity index is 520. The van der Waals surface area contributed by atoms with E-state index in [0.29, 0.717) is 23.7 Å². The van der Waals surface area contributed by atoms with E-state index in [1.807, 2.05) is 0 Å². The van der Waals surface area contributed by atoms with Gasteiger partial charge in [-0.15, -0.1) is 0 Å². The Kier molecular flexibility index (Phi) is 4.62. The lowest BCUT2D eigenvalue weighted by Gasteiger charge is -2.27. The van der Waals surface area contributed by atoms with E-state index in [2.05, 4.69) is 0 Å². The molecule has 0 bridgehead atoms. The number of halogens is 1. The van der Waals surface area contributed by atoms with E-state index in [-0.39, 0.29) is 12.3 Å². The van der Waals surface area contributed by atoms with Crippen LogP contribution in [0.25, 0.3) is 0 Å².